The Kier molecular flexibility index (Phi) is 6.00. The molecule has 1 saturated carbocycles. The van der Waals surface area contributed by atoms with Gasteiger partial charge in [-0.3, -0.25) is 4.90 Å². The number of anilines is 2. The van der Waals surface area contributed by atoms with Gasteiger partial charge in [0.15, 0.2) is 0 Å². The van der Waals surface area contributed by atoms with Gasteiger partial charge in [0.25, 0.3) is 0 Å². The highest BCUT2D eigenvalue weighted by molar-refractivity contribution is 5.90. The van der Waals surface area contributed by atoms with Gasteiger partial charge in [-0.15, -0.1) is 0 Å². The number of aromatic nitrogens is 1. The van der Waals surface area contributed by atoms with Crippen LogP contribution in [0.4, 0.5) is 20.6 Å². The van der Waals surface area contributed by atoms with Gasteiger partial charge >= 0.3 is 6.09 Å². The molecule has 1 aromatic carbocycles. The SMILES string of the molecule is O=C1OC2(CCN(c3ccc(OC4CCN(C5CCC5)CC4)cc3)CC2)CN1c1ccc(F)nc1. The van der Waals surface area contributed by atoms with Gasteiger partial charge in [0.2, 0.25) is 5.95 Å². The second-order valence-electron chi connectivity index (χ2n) is 10.4. The van der Waals surface area contributed by atoms with Crippen LogP contribution in [0.25, 0.3) is 0 Å². The molecule has 1 amide bonds. The maximum absolute atomic E-state index is 13.2. The molecule has 2 aromatic rings. The molecule has 3 saturated heterocycles. The summed E-state index contributed by atoms with van der Waals surface area (Å²) >= 11 is 0. The van der Waals surface area contributed by atoms with Crippen molar-refractivity contribution in [1.29, 1.82) is 0 Å². The van der Waals surface area contributed by atoms with E-state index in [2.05, 4.69) is 39.0 Å². The summed E-state index contributed by atoms with van der Waals surface area (Å²) in [5.41, 5.74) is 1.23. The van der Waals surface area contributed by atoms with Crippen LogP contribution >= 0.6 is 0 Å². The summed E-state index contributed by atoms with van der Waals surface area (Å²) in [7, 11) is 0. The summed E-state index contributed by atoms with van der Waals surface area (Å²) in [5, 5.41) is 0. The molecule has 0 unspecified atom stereocenters. The van der Waals surface area contributed by atoms with Crippen LogP contribution in [-0.2, 0) is 4.74 Å². The van der Waals surface area contributed by atoms with Crippen molar-refractivity contribution in [2.75, 3.05) is 42.5 Å². The Morgan fingerprint density at radius 3 is 2.29 bits per heavy atom. The summed E-state index contributed by atoms with van der Waals surface area (Å²) in [4.78, 5) is 22.7. The quantitative estimate of drug-likeness (QED) is 0.583. The van der Waals surface area contributed by atoms with Crippen LogP contribution in [0.15, 0.2) is 42.6 Å². The number of benzene rings is 1. The molecule has 0 atom stereocenters. The van der Waals surface area contributed by atoms with Gasteiger partial charge in [-0.1, -0.05) is 6.42 Å². The number of nitrogens with zero attached hydrogens (tertiary/aromatic N) is 4. The fraction of sp³-hybridized carbons (Fsp3) is 0.556. The first-order valence-corrected chi connectivity index (χ1v) is 12.9. The normalized spacial score (nSPS) is 23.4. The second-order valence-corrected chi connectivity index (χ2v) is 10.4. The highest BCUT2D eigenvalue weighted by Crippen LogP contribution is 2.37. The molecule has 7 nitrogen and oxygen atoms in total. The highest BCUT2D eigenvalue weighted by atomic mass is 19.1. The lowest BCUT2D eigenvalue weighted by molar-refractivity contribution is 0.0366. The third-order valence-electron chi connectivity index (χ3n) is 8.24. The third kappa shape index (κ3) is 4.68. The minimum absolute atomic E-state index is 0.309. The number of likely N-dealkylation sites (tertiary alicyclic amines) is 1. The van der Waals surface area contributed by atoms with Crippen LogP contribution in [0, 0.1) is 5.95 Å². The van der Waals surface area contributed by atoms with E-state index in [1.165, 1.54) is 31.5 Å². The largest absolute Gasteiger partial charge is 0.490 e. The molecule has 8 heteroatoms. The Labute approximate surface area is 205 Å². The first-order chi connectivity index (χ1) is 17.1. The number of hydrogen-bond acceptors (Lipinski definition) is 6. The Bertz CT molecular complexity index is 1030. The number of rotatable bonds is 5. The minimum Gasteiger partial charge on any atom is -0.490 e. The molecular weight excluding hydrogens is 447 g/mol. The molecule has 6 rings (SSSR count). The summed E-state index contributed by atoms with van der Waals surface area (Å²) < 4.78 is 25.3. The van der Waals surface area contributed by atoms with Crippen LogP contribution in [-0.4, -0.2) is 66.4 Å². The van der Waals surface area contributed by atoms with Gasteiger partial charge in [0.1, 0.15) is 17.5 Å². The van der Waals surface area contributed by atoms with Crippen molar-refractivity contribution in [3.63, 3.8) is 0 Å². The zero-order valence-electron chi connectivity index (χ0n) is 20.1. The number of ether oxygens (including phenoxy) is 2. The summed E-state index contributed by atoms with van der Waals surface area (Å²) in [6.45, 7) is 4.40. The fourth-order valence-corrected chi connectivity index (χ4v) is 5.82. The lowest BCUT2D eigenvalue weighted by atomic mass is 9.90. The van der Waals surface area contributed by atoms with Crippen LogP contribution < -0.4 is 14.5 Å². The third-order valence-corrected chi connectivity index (χ3v) is 8.24. The van der Waals surface area contributed by atoms with Gasteiger partial charge in [0.05, 0.1) is 18.4 Å². The molecule has 3 aliphatic heterocycles. The van der Waals surface area contributed by atoms with E-state index in [1.54, 1.807) is 11.0 Å². The van der Waals surface area contributed by atoms with E-state index in [1.807, 2.05) is 0 Å². The van der Waals surface area contributed by atoms with Crippen molar-refractivity contribution in [2.45, 2.75) is 62.7 Å². The van der Waals surface area contributed by atoms with E-state index < -0.39 is 11.5 Å². The van der Waals surface area contributed by atoms with Gasteiger partial charge in [-0.25, -0.2) is 9.78 Å². The molecule has 0 N–H and O–H groups in total. The van der Waals surface area contributed by atoms with Gasteiger partial charge < -0.3 is 19.3 Å². The maximum Gasteiger partial charge on any atom is 0.415 e. The van der Waals surface area contributed by atoms with Crippen LogP contribution in [0.2, 0.25) is 0 Å². The Morgan fingerprint density at radius 2 is 1.66 bits per heavy atom. The van der Waals surface area contributed by atoms with Crippen molar-refractivity contribution in [3.8, 4) is 5.75 Å². The minimum atomic E-state index is -0.560. The number of halogens is 1. The Balaban J connectivity index is 1.01. The molecule has 4 fully saturated rings. The number of hydrogen-bond donors (Lipinski definition) is 0. The van der Waals surface area contributed by atoms with E-state index >= 15 is 0 Å². The standard InChI is InChI=1S/C27H33FN4O3/c28-25-9-6-22(18-29-25)32-19-27(35-26(32)33)12-16-31(17-13-27)21-4-7-23(8-5-21)34-24-10-14-30(15-11-24)20-2-1-3-20/h4-9,18,20,24H,1-3,10-17,19H2. The molecular formula is C27H33FN4O3. The van der Waals surface area contributed by atoms with Crippen LogP contribution in [0.1, 0.15) is 44.9 Å². The van der Waals surface area contributed by atoms with Crippen molar-refractivity contribution in [3.05, 3.63) is 48.5 Å². The highest BCUT2D eigenvalue weighted by Gasteiger charge is 2.47. The van der Waals surface area contributed by atoms with E-state index in [9.17, 15) is 9.18 Å². The number of piperidine rings is 2. The molecule has 0 radical (unpaired) electrons. The zero-order valence-corrected chi connectivity index (χ0v) is 20.1. The molecule has 35 heavy (non-hydrogen) atoms. The number of carbonyl (C=O) groups is 1. The topological polar surface area (TPSA) is 58.1 Å². The van der Waals surface area contributed by atoms with Crippen LogP contribution in [0.5, 0.6) is 5.75 Å². The predicted molar refractivity (Wildman–Crippen MR) is 132 cm³/mol. The summed E-state index contributed by atoms with van der Waals surface area (Å²) in [6.07, 6.45) is 9.16. The Morgan fingerprint density at radius 1 is 0.943 bits per heavy atom. The molecule has 1 spiro atoms. The average Bonchev–Trinajstić information content (AvgIpc) is 3.16. The molecule has 1 aliphatic carbocycles. The van der Waals surface area contributed by atoms with Gasteiger partial charge in [0, 0.05) is 50.7 Å². The van der Waals surface area contributed by atoms with Gasteiger partial charge in [-0.05, 0) is 62.1 Å². The van der Waals surface area contributed by atoms with E-state index in [0.717, 1.165) is 69.3 Å². The van der Waals surface area contributed by atoms with Gasteiger partial charge in [-0.2, -0.15) is 4.39 Å². The average molecular weight is 481 g/mol. The van der Waals surface area contributed by atoms with E-state index in [-0.39, 0.29) is 6.09 Å². The molecule has 1 aromatic heterocycles. The first kappa shape index (κ1) is 22.6. The lowest BCUT2D eigenvalue weighted by Gasteiger charge is -2.41. The molecule has 186 valence electrons. The van der Waals surface area contributed by atoms with E-state index in [4.69, 9.17) is 9.47 Å². The molecule has 4 heterocycles. The summed E-state index contributed by atoms with van der Waals surface area (Å²) in [6, 6.07) is 12.1. The fourth-order valence-electron chi connectivity index (χ4n) is 5.82. The van der Waals surface area contributed by atoms with Crippen molar-refractivity contribution >= 4 is 17.5 Å². The maximum atomic E-state index is 13.2. The predicted octanol–water partition coefficient (Wildman–Crippen LogP) is 4.61. The monoisotopic (exact) mass is 480 g/mol. The van der Waals surface area contributed by atoms with E-state index in [0.29, 0.717) is 18.3 Å². The van der Waals surface area contributed by atoms with Crippen molar-refractivity contribution < 1.29 is 18.7 Å². The zero-order chi connectivity index (χ0) is 23.8. The number of amides is 1. The first-order valence-electron chi connectivity index (χ1n) is 12.9. The smallest absolute Gasteiger partial charge is 0.415 e. The molecule has 0 bridgehead atoms. The van der Waals surface area contributed by atoms with Crippen LogP contribution in [0.3, 0.4) is 0 Å². The molecule has 4 aliphatic rings. The Hall–Kier alpha value is -2.87. The number of pyridine rings is 1. The second kappa shape index (κ2) is 9.30. The van der Waals surface area contributed by atoms with Crippen molar-refractivity contribution in [1.82, 2.24) is 9.88 Å². The lowest BCUT2D eigenvalue weighted by Crippen LogP contribution is -2.47. The number of carbonyl (C=O) groups excluding carboxylic acids is 1. The van der Waals surface area contributed by atoms with Crippen molar-refractivity contribution in [2.24, 2.45) is 0 Å². The summed E-state index contributed by atoms with van der Waals surface area (Å²) in [5.74, 6) is 0.382.